The highest BCUT2D eigenvalue weighted by molar-refractivity contribution is 4.69. The predicted molar refractivity (Wildman–Crippen MR) is 75.6 cm³/mol. The molecule has 0 aromatic carbocycles. The van der Waals surface area contributed by atoms with Gasteiger partial charge in [0.05, 0.1) is 12.7 Å². The summed E-state index contributed by atoms with van der Waals surface area (Å²) in [6, 6.07) is 0.498. The van der Waals surface area contributed by atoms with E-state index in [4.69, 9.17) is 4.74 Å². The third-order valence-corrected chi connectivity index (χ3v) is 3.00. The van der Waals surface area contributed by atoms with E-state index in [-0.39, 0.29) is 0 Å². The summed E-state index contributed by atoms with van der Waals surface area (Å²) < 4.78 is 5.72. The van der Waals surface area contributed by atoms with Crippen LogP contribution < -0.4 is 5.32 Å². The molecule has 17 heavy (non-hydrogen) atoms. The van der Waals surface area contributed by atoms with Gasteiger partial charge >= 0.3 is 0 Å². The Morgan fingerprint density at radius 3 is 2.24 bits per heavy atom. The smallest absolute Gasteiger partial charge is 0.0623 e. The molecule has 0 aromatic heterocycles. The van der Waals surface area contributed by atoms with Crippen molar-refractivity contribution in [3.05, 3.63) is 0 Å². The van der Waals surface area contributed by atoms with Crippen LogP contribution in [0.5, 0.6) is 0 Å². The topological polar surface area (TPSA) is 24.5 Å². The second kappa shape index (κ2) is 11.0. The van der Waals surface area contributed by atoms with E-state index in [2.05, 4.69) is 44.8 Å². The third-order valence-electron chi connectivity index (χ3n) is 3.00. The molecule has 104 valence electrons. The van der Waals surface area contributed by atoms with Crippen molar-refractivity contribution in [1.29, 1.82) is 0 Å². The summed E-state index contributed by atoms with van der Waals surface area (Å²) >= 11 is 0. The largest absolute Gasteiger partial charge is 0.377 e. The molecule has 0 spiro atoms. The lowest BCUT2D eigenvalue weighted by Crippen LogP contribution is -2.38. The molecule has 0 fully saturated rings. The van der Waals surface area contributed by atoms with E-state index in [1.54, 1.807) is 0 Å². The lowest BCUT2D eigenvalue weighted by atomic mass is 10.2. The Bertz CT molecular complexity index is 158. The minimum Gasteiger partial charge on any atom is -0.377 e. The standard InChI is InChI=1S/C14H32N2O/c1-6-10-15-14(12-17-13(4)5)9-11-16(7-2)8-3/h13-15H,6-12H2,1-5H3. The number of hydrogen-bond acceptors (Lipinski definition) is 3. The first-order valence-electron chi connectivity index (χ1n) is 7.21. The Morgan fingerprint density at radius 2 is 1.76 bits per heavy atom. The fourth-order valence-corrected chi connectivity index (χ4v) is 1.78. The quantitative estimate of drug-likeness (QED) is 0.604. The molecule has 0 rings (SSSR count). The molecule has 0 radical (unpaired) electrons. The fraction of sp³-hybridized carbons (Fsp3) is 1.00. The van der Waals surface area contributed by atoms with Gasteiger partial charge in [0, 0.05) is 6.04 Å². The number of ether oxygens (including phenoxy) is 1. The average molecular weight is 244 g/mol. The van der Waals surface area contributed by atoms with E-state index in [1.807, 2.05) is 0 Å². The molecule has 0 aliphatic rings. The number of nitrogens with zero attached hydrogens (tertiary/aromatic N) is 1. The normalized spacial score (nSPS) is 13.6. The van der Waals surface area contributed by atoms with Crippen molar-refractivity contribution in [3.63, 3.8) is 0 Å². The second-order valence-corrected chi connectivity index (χ2v) is 4.85. The molecule has 1 atom stereocenters. The van der Waals surface area contributed by atoms with Crippen LogP contribution in [0.25, 0.3) is 0 Å². The summed E-state index contributed by atoms with van der Waals surface area (Å²) in [5.41, 5.74) is 0. The van der Waals surface area contributed by atoms with Crippen LogP contribution in [0.1, 0.15) is 47.5 Å². The maximum Gasteiger partial charge on any atom is 0.0623 e. The summed E-state index contributed by atoms with van der Waals surface area (Å²) in [7, 11) is 0. The highest BCUT2D eigenvalue weighted by atomic mass is 16.5. The van der Waals surface area contributed by atoms with E-state index in [0.29, 0.717) is 12.1 Å². The molecule has 1 unspecified atom stereocenters. The summed E-state index contributed by atoms with van der Waals surface area (Å²) in [6.45, 7) is 16.2. The van der Waals surface area contributed by atoms with Gasteiger partial charge in [0.15, 0.2) is 0 Å². The minimum atomic E-state index is 0.328. The third kappa shape index (κ3) is 9.57. The molecule has 0 heterocycles. The zero-order valence-corrected chi connectivity index (χ0v) is 12.5. The van der Waals surface area contributed by atoms with E-state index in [0.717, 1.165) is 32.8 Å². The molecule has 0 amide bonds. The van der Waals surface area contributed by atoms with Crippen LogP contribution in [-0.2, 0) is 4.74 Å². The van der Waals surface area contributed by atoms with Crippen LogP contribution in [0, 0.1) is 0 Å². The minimum absolute atomic E-state index is 0.328. The predicted octanol–water partition coefficient (Wildman–Crippen LogP) is 2.51. The van der Waals surface area contributed by atoms with Gasteiger partial charge < -0.3 is 15.0 Å². The highest BCUT2D eigenvalue weighted by Gasteiger charge is 2.10. The van der Waals surface area contributed by atoms with Crippen molar-refractivity contribution >= 4 is 0 Å². The number of nitrogens with one attached hydrogen (secondary N) is 1. The summed E-state index contributed by atoms with van der Waals surface area (Å²) in [6.07, 6.45) is 2.69. The summed E-state index contributed by atoms with van der Waals surface area (Å²) in [5.74, 6) is 0. The number of hydrogen-bond donors (Lipinski definition) is 1. The Morgan fingerprint density at radius 1 is 1.12 bits per heavy atom. The van der Waals surface area contributed by atoms with E-state index in [1.165, 1.54) is 12.8 Å². The maximum absolute atomic E-state index is 5.72. The van der Waals surface area contributed by atoms with Gasteiger partial charge in [-0.15, -0.1) is 0 Å². The van der Waals surface area contributed by atoms with Gasteiger partial charge in [0.25, 0.3) is 0 Å². The Labute approximate surface area is 108 Å². The first-order chi connectivity index (χ1) is 8.13. The van der Waals surface area contributed by atoms with Gasteiger partial charge in [-0.1, -0.05) is 20.8 Å². The molecule has 0 aliphatic heterocycles. The van der Waals surface area contributed by atoms with E-state index >= 15 is 0 Å². The molecule has 1 N–H and O–H groups in total. The lowest BCUT2D eigenvalue weighted by molar-refractivity contribution is 0.0573. The van der Waals surface area contributed by atoms with Crippen molar-refractivity contribution in [3.8, 4) is 0 Å². The SMILES string of the molecule is CCCNC(CCN(CC)CC)COC(C)C. The zero-order chi connectivity index (χ0) is 13.1. The highest BCUT2D eigenvalue weighted by Crippen LogP contribution is 2.00. The molecule has 0 saturated heterocycles. The van der Waals surface area contributed by atoms with Crippen molar-refractivity contribution in [2.75, 3.05) is 32.8 Å². The molecular formula is C14H32N2O. The second-order valence-electron chi connectivity index (χ2n) is 4.85. The molecule has 0 aliphatic carbocycles. The average Bonchev–Trinajstić information content (AvgIpc) is 2.32. The van der Waals surface area contributed by atoms with E-state index in [9.17, 15) is 0 Å². The van der Waals surface area contributed by atoms with Crippen LogP contribution in [0.3, 0.4) is 0 Å². The van der Waals surface area contributed by atoms with Crippen molar-refractivity contribution in [1.82, 2.24) is 10.2 Å². The van der Waals surface area contributed by atoms with Crippen LogP contribution >= 0.6 is 0 Å². The Kier molecular flexibility index (Phi) is 10.9. The van der Waals surface area contributed by atoms with Crippen LogP contribution in [-0.4, -0.2) is 49.8 Å². The van der Waals surface area contributed by atoms with Gasteiger partial charge in [-0.05, 0) is 52.9 Å². The van der Waals surface area contributed by atoms with Gasteiger partial charge in [-0.25, -0.2) is 0 Å². The molecule has 0 saturated carbocycles. The summed E-state index contributed by atoms with van der Waals surface area (Å²) in [4.78, 5) is 2.47. The molecule has 3 heteroatoms. The molecule has 0 aromatic rings. The van der Waals surface area contributed by atoms with Crippen molar-refractivity contribution < 1.29 is 4.74 Å². The van der Waals surface area contributed by atoms with Crippen molar-refractivity contribution in [2.24, 2.45) is 0 Å². The molecule has 3 nitrogen and oxygen atoms in total. The monoisotopic (exact) mass is 244 g/mol. The summed E-state index contributed by atoms with van der Waals surface area (Å²) in [5, 5.41) is 3.58. The van der Waals surface area contributed by atoms with Crippen molar-refractivity contribution in [2.45, 2.75) is 59.6 Å². The first kappa shape index (κ1) is 16.9. The first-order valence-corrected chi connectivity index (χ1v) is 7.21. The maximum atomic E-state index is 5.72. The molecular weight excluding hydrogens is 212 g/mol. The fourth-order valence-electron chi connectivity index (χ4n) is 1.78. The Balaban J connectivity index is 3.90. The zero-order valence-electron chi connectivity index (χ0n) is 12.5. The van der Waals surface area contributed by atoms with Gasteiger partial charge in [0.2, 0.25) is 0 Å². The van der Waals surface area contributed by atoms with E-state index < -0.39 is 0 Å². The van der Waals surface area contributed by atoms with Gasteiger partial charge in [0.1, 0.15) is 0 Å². The van der Waals surface area contributed by atoms with Crippen LogP contribution in [0.4, 0.5) is 0 Å². The van der Waals surface area contributed by atoms with Gasteiger partial charge in [-0.2, -0.15) is 0 Å². The Hall–Kier alpha value is -0.120. The van der Waals surface area contributed by atoms with Crippen LogP contribution in [0.15, 0.2) is 0 Å². The lowest BCUT2D eigenvalue weighted by Gasteiger charge is -2.24. The van der Waals surface area contributed by atoms with Crippen LogP contribution in [0.2, 0.25) is 0 Å². The molecule has 0 bridgehead atoms. The number of rotatable bonds is 11. The van der Waals surface area contributed by atoms with Gasteiger partial charge in [-0.3, -0.25) is 0 Å².